The SMILES string of the molecule is CCC1CN(c2cccc(OC)c2C(C)=O)CCO1. The van der Waals surface area contributed by atoms with Gasteiger partial charge in [-0.2, -0.15) is 0 Å². The van der Waals surface area contributed by atoms with Crippen LogP contribution in [0.4, 0.5) is 5.69 Å². The van der Waals surface area contributed by atoms with Crippen molar-refractivity contribution >= 4 is 11.5 Å². The summed E-state index contributed by atoms with van der Waals surface area (Å²) >= 11 is 0. The Kier molecular flexibility index (Phi) is 4.43. The van der Waals surface area contributed by atoms with Crippen LogP contribution in [0.25, 0.3) is 0 Å². The van der Waals surface area contributed by atoms with Gasteiger partial charge < -0.3 is 14.4 Å². The molecule has 19 heavy (non-hydrogen) atoms. The number of hydrogen-bond acceptors (Lipinski definition) is 4. The van der Waals surface area contributed by atoms with Crippen molar-refractivity contribution in [3.8, 4) is 5.75 Å². The molecule has 1 saturated heterocycles. The summed E-state index contributed by atoms with van der Waals surface area (Å²) in [6.45, 7) is 6.03. The fourth-order valence-corrected chi connectivity index (χ4v) is 2.49. The van der Waals surface area contributed by atoms with Gasteiger partial charge in [0.25, 0.3) is 0 Å². The van der Waals surface area contributed by atoms with E-state index < -0.39 is 0 Å². The zero-order valence-electron chi connectivity index (χ0n) is 11.8. The summed E-state index contributed by atoms with van der Waals surface area (Å²) in [5.41, 5.74) is 1.62. The Balaban J connectivity index is 2.35. The minimum Gasteiger partial charge on any atom is -0.496 e. The summed E-state index contributed by atoms with van der Waals surface area (Å²) in [4.78, 5) is 14.1. The van der Waals surface area contributed by atoms with Crippen molar-refractivity contribution in [3.05, 3.63) is 23.8 Å². The molecule has 1 aliphatic rings. The number of morpholine rings is 1. The molecular formula is C15H21NO3. The number of carbonyl (C=O) groups excluding carboxylic acids is 1. The minimum atomic E-state index is 0.0343. The van der Waals surface area contributed by atoms with E-state index in [0.29, 0.717) is 17.9 Å². The molecule has 0 spiro atoms. The molecule has 1 fully saturated rings. The number of hydrogen-bond donors (Lipinski definition) is 0. The van der Waals surface area contributed by atoms with E-state index in [-0.39, 0.29) is 11.9 Å². The quantitative estimate of drug-likeness (QED) is 0.782. The van der Waals surface area contributed by atoms with Crippen LogP contribution in [0.1, 0.15) is 30.6 Å². The maximum absolute atomic E-state index is 11.9. The van der Waals surface area contributed by atoms with Crippen molar-refractivity contribution in [1.82, 2.24) is 0 Å². The first-order chi connectivity index (χ1) is 9.17. The lowest BCUT2D eigenvalue weighted by molar-refractivity contribution is 0.0383. The zero-order chi connectivity index (χ0) is 13.8. The molecule has 4 nitrogen and oxygen atoms in total. The molecule has 1 unspecified atom stereocenters. The van der Waals surface area contributed by atoms with Crippen LogP contribution >= 0.6 is 0 Å². The van der Waals surface area contributed by atoms with E-state index in [4.69, 9.17) is 9.47 Å². The molecule has 104 valence electrons. The molecule has 0 saturated carbocycles. The smallest absolute Gasteiger partial charge is 0.165 e. The second-order valence-electron chi connectivity index (χ2n) is 4.76. The van der Waals surface area contributed by atoms with E-state index in [2.05, 4.69) is 11.8 Å². The minimum absolute atomic E-state index is 0.0343. The van der Waals surface area contributed by atoms with Crippen molar-refractivity contribution in [1.29, 1.82) is 0 Å². The average molecular weight is 263 g/mol. The number of methoxy groups -OCH3 is 1. The van der Waals surface area contributed by atoms with Crippen LogP contribution in [0, 0.1) is 0 Å². The topological polar surface area (TPSA) is 38.8 Å². The molecular weight excluding hydrogens is 242 g/mol. The lowest BCUT2D eigenvalue weighted by Gasteiger charge is -2.35. The highest BCUT2D eigenvalue weighted by molar-refractivity contribution is 6.02. The van der Waals surface area contributed by atoms with Gasteiger partial charge in [-0.3, -0.25) is 4.79 Å². The van der Waals surface area contributed by atoms with Crippen LogP contribution in [0.2, 0.25) is 0 Å². The number of nitrogens with zero attached hydrogens (tertiary/aromatic N) is 1. The van der Waals surface area contributed by atoms with Crippen LogP contribution in [-0.4, -0.2) is 38.7 Å². The van der Waals surface area contributed by atoms with Crippen molar-refractivity contribution in [2.45, 2.75) is 26.4 Å². The summed E-state index contributed by atoms with van der Waals surface area (Å²) in [5.74, 6) is 0.677. The number of ketones is 1. The summed E-state index contributed by atoms with van der Waals surface area (Å²) in [7, 11) is 1.60. The number of rotatable bonds is 4. The van der Waals surface area contributed by atoms with E-state index in [1.807, 2.05) is 18.2 Å². The van der Waals surface area contributed by atoms with Gasteiger partial charge in [-0.05, 0) is 25.5 Å². The Morgan fingerprint density at radius 2 is 2.32 bits per heavy atom. The van der Waals surface area contributed by atoms with E-state index in [1.165, 1.54) is 0 Å². The molecule has 4 heteroatoms. The predicted octanol–water partition coefficient (Wildman–Crippen LogP) is 2.51. The average Bonchev–Trinajstić information content (AvgIpc) is 2.46. The third-order valence-corrected chi connectivity index (χ3v) is 3.51. The second kappa shape index (κ2) is 6.06. The summed E-state index contributed by atoms with van der Waals surface area (Å²) in [6, 6.07) is 5.74. The monoisotopic (exact) mass is 263 g/mol. The molecule has 0 amide bonds. The Labute approximate surface area is 114 Å². The number of Topliss-reactive ketones (excluding diaryl/α,β-unsaturated/α-hetero) is 1. The number of carbonyl (C=O) groups is 1. The van der Waals surface area contributed by atoms with Gasteiger partial charge in [0.1, 0.15) is 5.75 Å². The lowest BCUT2D eigenvalue weighted by Crippen LogP contribution is -2.42. The van der Waals surface area contributed by atoms with Crippen molar-refractivity contribution in [2.24, 2.45) is 0 Å². The molecule has 1 aliphatic heterocycles. The highest BCUT2D eigenvalue weighted by atomic mass is 16.5. The Bertz CT molecular complexity index is 459. The second-order valence-corrected chi connectivity index (χ2v) is 4.76. The van der Waals surface area contributed by atoms with Crippen LogP contribution < -0.4 is 9.64 Å². The van der Waals surface area contributed by atoms with E-state index in [9.17, 15) is 4.79 Å². The maximum Gasteiger partial charge on any atom is 0.165 e. The molecule has 0 radical (unpaired) electrons. The molecule has 0 bridgehead atoms. The van der Waals surface area contributed by atoms with Crippen LogP contribution in [-0.2, 0) is 4.74 Å². The first-order valence-electron chi connectivity index (χ1n) is 6.71. The normalized spacial score (nSPS) is 19.3. The molecule has 1 aromatic rings. The van der Waals surface area contributed by atoms with Crippen LogP contribution in [0.5, 0.6) is 5.75 Å². The van der Waals surface area contributed by atoms with Gasteiger partial charge >= 0.3 is 0 Å². The zero-order valence-corrected chi connectivity index (χ0v) is 11.8. The predicted molar refractivity (Wildman–Crippen MR) is 75.2 cm³/mol. The maximum atomic E-state index is 11.9. The van der Waals surface area contributed by atoms with Gasteiger partial charge in [0, 0.05) is 13.1 Å². The van der Waals surface area contributed by atoms with Crippen LogP contribution in [0.3, 0.4) is 0 Å². The fraction of sp³-hybridized carbons (Fsp3) is 0.533. The molecule has 1 atom stereocenters. The number of ether oxygens (including phenoxy) is 2. The van der Waals surface area contributed by atoms with Gasteiger partial charge in [-0.15, -0.1) is 0 Å². The molecule has 2 rings (SSSR count). The third-order valence-electron chi connectivity index (χ3n) is 3.51. The number of benzene rings is 1. The van der Waals surface area contributed by atoms with Gasteiger partial charge in [0.2, 0.25) is 0 Å². The fourth-order valence-electron chi connectivity index (χ4n) is 2.49. The molecule has 0 aliphatic carbocycles. The summed E-state index contributed by atoms with van der Waals surface area (Å²) in [6.07, 6.45) is 1.22. The van der Waals surface area contributed by atoms with Gasteiger partial charge in [0.05, 0.1) is 31.1 Å². The summed E-state index contributed by atoms with van der Waals surface area (Å²) < 4.78 is 11.0. The lowest BCUT2D eigenvalue weighted by atomic mass is 10.1. The molecule has 1 aromatic carbocycles. The Hall–Kier alpha value is -1.55. The number of anilines is 1. The molecule has 0 aromatic heterocycles. The highest BCUT2D eigenvalue weighted by Gasteiger charge is 2.24. The van der Waals surface area contributed by atoms with Crippen molar-refractivity contribution in [3.63, 3.8) is 0 Å². The Morgan fingerprint density at radius 3 is 2.95 bits per heavy atom. The highest BCUT2D eigenvalue weighted by Crippen LogP contribution is 2.31. The first kappa shape index (κ1) is 13.9. The Morgan fingerprint density at radius 1 is 1.53 bits per heavy atom. The molecule has 0 N–H and O–H groups in total. The first-order valence-corrected chi connectivity index (χ1v) is 6.71. The van der Waals surface area contributed by atoms with Crippen LogP contribution in [0.15, 0.2) is 18.2 Å². The van der Waals surface area contributed by atoms with E-state index in [0.717, 1.165) is 25.2 Å². The van der Waals surface area contributed by atoms with Crippen molar-refractivity contribution < 1.29 is 14.3 Å². The van der Waals surface area contributed by atoms with Gasteiger partial charge in [-0.25, -0.2) is 0 Å². The van der Waals surface area contributed by atoms with E-state index >= 15 is 0 Å². The largest absolute Gasteiger partial charge is 0.496 e. The van der Waals surface area contributed by atoms with Gasteiger partial charge in [-0.1, -0.05) is 13.0 Å². The third kappa shape index (κ3) is 2.89. The molecule has 1 heterocycles. The van der Waals surface area contributed by atoms with Crippen molar-refractivity contribution in [2.75, 3.05) is 31.7 Å². The standard InChI is InChI=1S/C15H21NO3/c1-4-12-10-16(8-9-19-12)13-6-5-7-14(18-3)15(13)11(2)17/h5-7,12H,4,8-10H2,1-3H3. The summed E-state index contributed by atoms with van der Waals surface area (Å²) in [5, 5.41) is 0. The van der Waals surface area contributed by atoms with E-state index in [1.54, 1.807) is 14.0 Å². The van der Waals surface area contributed by atoms with Gasteiger partial charge in [0.15, 0.2) is 5.78 Å².